The Labute approximate surface area is 68.2 Å². The largest absolute Gasteiger partial charge is 0.326 e. The maximum Gasteiger partial charge on any atom is 0.0178 e. The fraction of sp³-hybridized carbons (Fsp3) is 0.400. The molecule has 0 heterocycles. The summed E-state index contributed by atoms with van der Waals surface area (Å²) >= 11 is 0. The van der Waals surface area contributed by atoms with E-state index in [4.69, 9.17) is 5.73 Å². The second-order valence-corrected chi connectivity index (χ2v) is 3.03. The molecule has 11 heavy (non-hydrogen) atoms. The highest BCUT2D eigenvalue weighted by Gasteiger charge is 1.98. The summed E-state index contributed by atoms with van der Waals surface area (Å²) in [5.41, 5.74) is 7.97. The molecule has 1 aromatic carbocycles. The monoisotopic (exact) mass is 148 g/mol. The predicted octanol–water partition coefficient (Wildman–Crippen LogP) is 2.07. The van der Waals surface area contributed by atoms with Gasteiger partial charge < -0.3 is 5.73 Å². The van der Waals surface area contributed by atoms with Crippen molar-refractivity contribution in [1.82, 2.24) is 0 Å². The first-order valence-electron chi connectivity index (χ1n) is 3.94. The molecular formula is C10H14N. The van der Waals surface area contributed by atoms with Gasteiger partial charge in [-0.05, 0) is 29.2 Å². The summed E-state index contributed by atoms with van der Waals surface area (Å²) in [6.45, 7) is 4.95. The highest BCUT2D eigenvalue weighted by Crippen LogP contribution is 2.14. The van der Waals surface area contributed by atoms with E-state index in [1.807, 2.05) is 12.1 Å². The Morgan fingerprint density at radius 2 is 2.18 bits per heavy atom. The molecular weight excluding hydrogens is 134 g/mol. The minimum absolute atomic E-state index is 0.567. The van der Waals surface area contributed by atoms with Gasteiger partial charge in [-0.2, -0.15) is 0 Å². The van der Waals surface area contributed by atoms with Gasteiger partial charge in [-0.25, -0.2) is 0 Å². The zero-order valence-corrected chi connectivity index (χ0v) is 7.09. The molecule has 0 unspecified atom stereocenters. The summed E-state index contributed by atoms with van der Waals surface area (Å²) in [4.78, 5) is 0. The SMILES string of the molecule is CC(C)c1c[c]cc(CN)c1. The van der Waals surface area contributed by atoms with E-state index in [1.54, 1.807) is 0 Å². The zero-order valence-electron chi connectivity index (χ0n) is 7.09. The number of hydrogen-bond donors (Lipinski definition) is 1. The smallest absolute Gasteiger partial charge is 0.0178 e. The van der Waals surface area contributed by atoms with Crippen molar-refractivity contribution in [3.63, 3.8) is 0 Å². The fourth-order valence-corrected chi connectivity index (χ4v) is 0.994. The van der Waals surface area contributed by atoms with Crippen LogP contribution in [0, 0.1) is 6.07 Å². The molecule has 0 atom stereocenters. The van der Waals surface area contributed by atoms with Crippen molar-refractivity contribution < 1.29 is 0 Å². The third kappa shape index (κ3) is 2.05. The second kappa shape index (κ2) is 3.54. The van der Waals surface area contributed by atoms with Gasteiger partial charge in [0, 0.05) is 6.54 Å². The number of benzene rings is 1. The van der Waals surface area contributed by atoms with E-state index in [9.17, 15) is 0 Å². The molecule has 2 N–H and O–H groups in total. The minimum atomic E-state index is 0.567. The summed E-state index contributed by atoms with van der Waals surface area (Å²) in [6.07, 6.45) is 0. The third-order valence-electron chi connectivity index (χ3n) is 1.77. The Bertz CT molecular complexity index is 228. The van der Waals surface area contributed by atoms with Gasteiger partial charge in [0.2, 0.25) is 0 Å². The van der Waals surface area contributed by atoms with Gasteiger partial charge in [-0.15, -0.1) is 0 Å². The van der Waals surface area contributed by atoms with Crippen LogP contribution in [0.4, 0.5) is 0 Å². The molecule has 0 saturated carbocycles. The van der Waals surface area contributed by atoms with E-state index in [2.05, 4.69) is 26.0 Å². The minimum Gasteiger partial charge on any atom is -0.326 e. The summed E-state index contributed by atoms with van der Waals surface area (Å²) < 4.78 is 0. The molecule has 0 aromatic heterocycles. The normalized spacial score (nSPS) is 10.5. The lowest BCUT2D eigenvalue weighted by Gasteiger charge is -2.05. The first-order chi connectivity index (χ1) is 5.24. The third-order valence-corrected chi connectivity index (χ3v) is 1.77. The van der Waals surface area contributed by atoms with Gasteiger partial charge in [0.15, 0.2) is 0 Å². The van der Waals surface area contributed by atoms with E-state index in [0.717, 1.165) is 5.56 Å². The van der Waals surface area contributed by atoms with E-state index in [0.29, 0.717) is 12.5 Å². The molecule has 0 fully saturated rings. The summed E-state index contributed by atoms with van der Waals surface area (Å²) in [5, 5.41) is 0. The van der Waals surface area contributed by atoms with Crippen LogP contribution in [0.25, 0.3) is 0 Å². The van der Waals surface area contributed by atoms with Crippen molar-refractivity contribution in [2.75, 3.05) is 0 Å². The Morgan fingerprint density at radius 3 is 2.73 bits per heavy atom. The van der Waals surface area contributed by atoms with Crippen molar-refractivity contribution in [2.24, 2.45) is 5.73 Å². The van der Waals surface area contributed by atoms with Gasteiger partial charge in [0.05, 0.1) is 0 Å². The topological polar surface area (TPSA) is 26.0 Å². The van der Waals surface area contributed by atoms with E-state index in [1.165, 1.54) is 5.56 Å². The second-order valence-electron chi connectivity index (χ2n) is 3.03. The van der Waals surface area contributed by atoms with E-state index in [-0.39, 0.29) is 0 Å². The zero-order chi connectivity index (χ0) is 8.27. The Hall–Kier alpha value is -0.820. The molecule has 1 aromatic rings. The Morgan fingerprint density at radius 1 is 1.45 bits per heavy atom. The standard InChI is InChI=1S/C10H14N/c1-8(2)10-5-3-4-9(6-10)7-11/h4-6,8H,7,11H2,1-2H3. The van der Waals surface area contributed by atoms with Gasteiger partial charge in [-0.3, -0.25) is 0 Å². The lowest BCUT2D eigenvalue weighted by atomic mass is 10.0. The predicted molar refractivity (Wildman–Crippen MR) is 47.3 cm³/mol. The van der Waals surface area contributed by atoms with Gasteiger partial charge >= 0.3 is 0 Å². The summed E-state index contributed by atoms with van der Waals surface area (Å²) in [5.74, 6) is 0.567. The molecule has 1 heteroatoms. The quantitative estimate of drug-likeness (QED) is 0.682. The summed E-state index contributed by atoms with van der Waals surface area (Å²) in [7, 11) is 0. The van der Waals surface area contributed by atoms with Crippen molar-refractivity contribution in [2.45, 2.75) is 26.3 Å². The lowest BCUT2D eigenvalue weighted by molar-refractivity contribution is 0.861. The lowest BCUT2D eigenvalue weighted by Crippen LogP contribution is -1.97. The first kappa shape index (κ1) is 8.28. The molecule has 0 aliphatic rings. The van der Waals surface area contributed by atoms with Crippen molar-refractivity contribution in [3.8, 4) is 0 Å². The van der Waals surface area contributed by atoms with Crippen LogP contribution in [0.1, 0.15) is 30.9 Å². The van der Waals surface area contributed by atoms with Crippen molar-refractivity contribution in [3.05, 3.63) is 35.4 Å². The average Bonchev–Trinajstić information content (AvgIpc) is 2.05. The van der Waals surface area contributed by atoms with Crippen LogP contribution < -0.4 is 5.73 Å². The molecule has 0 bridgehead atoms. The highest BCUT2D eigenvalue weighted by molar-refractivity contribution is 5.24. The molecule has 0 amide bonds. The van der Waals surface area contributed by atoms with Gasteiger partial charge in [-0.1, -0.05) is 26.0 Å². The molecule has 1 nitrogen and oxygen atoms in total. The molecule has 0 aliphatic heterocycles. The van der Waals surface area contributed by atoms with Gasteiger partial charge in [0.25, 0.3) is 0 Å². The fourth-order valence-electron chi connectivity index (χ4n) is 0.994. The molecule has 0 spiro atoms. The average molecular weight is 148 g/mol. The maximum absolute atomic E-state index is 5.50. The van der Waals surface area contributed by atoms with Crippen LogP contribution in [-0.2, 0) is 6.54 Å². The number of hydrogen-bond acceptors (Lipinski definition) is 1. The first-order valence-corrected chi connectivity index (χ1v) is 3.94. The summed E-state index contributed by atoms with van der Waals surface area (Å²) in [6, 6.07) is 9.18. The van der Waals surface area contributed by atoms with E-state index >= 15 is 0 Å². The Kier molecular flexibility index (Phi) is 2.66. The van der Waals surface area contributed by atoms with Crippen LogP contribution in [0.3, 0.4) is 0 Å². The maximum atomic E-state index is 5.50. The van der Waals surface area contributed by atoms with Crippen LogP contribution in [0.15, 0.2) is 18.2 Å². The number of rotatable bonds is 2. The van der Waals surface area contributed by atoms with Crippen LogP contribution in [-0.4, -0.2) is 0 Å². The van der Waals surface area contributed by atoms with Crippen LogP contribution >= 0.6 is 0 Å². The van der Waals surface area contributed by atoms with Gasteiger partial charge in [0.1, 0.15) is 0 Å². The number of nitrogens with two attached hydrogens (primary N) is 1. The van der Waals surface area contributed by atoms with Crippen molar-refractivity contribution >= 4 is 0 Å². The van der Waals surface area contributed by atoms with Crippen LogP contribution in [0.5, 0.6) is 0 Å². The molecule has 1 rings (SSSR count). The molecule has 1 radical (unpaired) electrons. The molecule has 59 valence electrons. The van der Waals surface area contributed by atoms with Crippen LogP contribution in [0.2, 0.25) is 0 Å². The molecule has 0 saturated heterocycles. The Balaban J connectivity index is 2.91. The molecule has 0 aliphatic carbocycles. The highest BCUT2D eigenvalue weighted by atomic mass is 14.5. The van der Waals surface area contributed by atoms with Crippen molar-refractivity contribution in [1.29, 1.82) is 0 Å². The van der Waals surface area contributed by atoms with E-state index < -0.39 is 0 Å².